The second-order valence-electron chi connectivity index (χ2n) is 10.6. The normalized spacial score (nSPS) is 21.4. The predicted molar refractivity (Wildman–Crippen MR) is 141 cm³/mol. The third-order valence-corrected chi connectivity index (χ3v) is 8.56. The zero-order valence-electron chi connectivity index (χ0n) is 19.3. The second-order valence-corrected chi connectivity index (χ2v) is 10.6. The van der Waals surface area contributed by atoms with Gasteiger partial charge in [-0.3, -0.25) is 0 Å². The highest BCUT2D eigenvalue weighted by molar-refractivity contribution is 14.0. The van der Waals surface area contributed by atoms with Crippen molar-refractivity contribution in [1.29, 1.82) is 0 Å². The first-order valence-electron chi connectivity index (χ1n) is 11.7. The zero-order chi connectivity index (χ0) is 21.1. The van der Waals surface area contributed by atoms with E-state index in [1.54, 1.807) is 11.1 Å². The summed E-state index contributed by atoms with van der Waals surface area (Å²) in [6.07, 6.45) is 6.42. The molecule has 0 N–H and O–H groups in total. The monoisotopic (exact) mass is 533 g/mol. The van der Waals surface area contributed by atoms with Crippen molar-refractivity contribution in [1.82, 2.24) is 4.57 Å². The van der Waals surface area contributed by atoms with Gasteiger partial charge < -0.3 is 0 Å². The first-order valence-corrected chi connectivity index (χ1v) is 11.7. The number of aryl methyl sites for hydroxylation is 2. The molecule has 1 fully saturated rings. The highest BCUT2D eigenvalue weighted by atomic mass is 127. The van der Waals surface area contributed by atoms with E-state index >= 15 is 0 Å². The highest BCUT2D eigenvalue weighted by Crippen LogP contribution is 2.56. The highest BCUT2D eigenvalue weighted by Gasteiger charge is 2.42. The van der Waals surface area contributed by atoms with Gasteiger partial charge in [0.25, 0.3) is 0 Å². The van der Waals surface area contributed by atoms with Crippen LogP contribution in [-0.4, -0.2) is 4.57 Å². The number of imidazole rings is 1. The molecule has 7 rings (SSSR count). The number of nitrogens with zero attached hydrogens (tertiary/aromatic N) is 2. The molecule has 2 bridgehead atoms. The van der Waals surface area contributed by atoms with Gasteiger partial charge in [-0.05, 0) is 95.7 Å². The van der Waals surface area contributed by atoms with Gasteiger partial charge in [-0.25, -0.2) is 4.57 Å². The molecule has 0 amide bonds. The van der Waals surface area contributed by atoms with Gasteiger partial charge >= 0.3 is 0 Å². The summed E-state index contributed by atoms with van der Waals surface area (Å²) in [6, 6.07) is 18.4. The molecular weight excluding hydrogens is 503 g/mol. The Labute approximate surface area is 207 Å². The zero-order valence-corrected chi connectivity index (χ0v) is 21.6. The van der Waals surface area contributed by atoms with Crippen molar-refractivity contribution in [3.63, 3.8) is 0 Å². The molecule has 1 saturated carbocycles. The number of hydrogen-bond donors (Lipinski definition) is 0. The van der Waals surface area contributed by atoms with Gasteiger partial charge in [0.05, 0.1) is 7.05 Å². The summed E-state index contributed by atoms with van der Waals surface area (Å²) < 4.78 is 4.80. The molecule has 32 heavy (non-hydrogen) atoms. The Kier molecular flexibility index (Phi) is 4.28. The van der Waals surface area contributed by atoms with Gasteiger partial charge in [0.2, 0.25) is 6.33 Å². The molecule has 3 aromatic carbocycles. The van der Waals surface area contributed by atoms with Crippen molar-refractivity contribution in [2.24, 2.45) is 7.05 Å². The lowest BCUT2D eigenvalue weighted by atomic mass is 9.82. The van der Waals surface area contributed by atoms with Crippen LogP contribution < -0.4 is 4.57 Å². The third kappa shape index (κ3) is 2.43. The van der Waals surface area contributed by atoms with Crippen molar-refractivity contribution < 1.29 is 4.57 Å². The number of fused-ring (bicyclic) bond motifs is 10. The van der Waals surface area contributed by atoms with Crippen LogP contribution in [-0.2, 0) is 12.5 Å². The minimum Gasteiger partial charge on any atom is -0.232 e. The fourth-order valence-electron chi connectivity index (χ4n) is 7.19. The summed E-state index contributed by atoms with van der Waals surface area (Å²) >= 11 is 0. The van der Waals surface area contributed by atoms with Crippen LogP contribution in [0.25, 0.3) is 27.8 Å². The molecular formula is C29H30IN2+. The number of aromatic nitrogens is 2. The van der Waals surface area contributed by atoms with Crippen LogP contribution in [0.3, 0.4) is 0 Å². The predicted octanol–water partition coefficient (Wildman–Crippen LogP) is 7.05. The Hall–Kier alpha value is -2.14. The molecule has 1 heterocycles. The third-order valence-electron chi connectivity index (χ3n) is 8.56. The standard InChI is InChI=1S/C29H29N2.HI/c1-17-13-25-28(27-19-10-9-18(14-19)26(17)27)30(4)16-31(25)20-11-12-22-21-7-5-6-8-23(21)29(2,3)24(22)15-20;/h5-8,11-13,15-16,18-19H,9-10,14H2,1-4H3;1H/q+1;. The van der Waals surface area contributed by atoms with Gasteiger partial charge in [0.15, 0.2) is 11.0 Å². The van der Waals surface area contributed by atoms with Gasteiger partial charge in [0.1, 0.15) is 5.69 Å². The smallest absolute Gasteiger partial charge is 0.232 e. The SMILES string of the molecule is Cc1cc2c(c3c1C1CCC3C1)[n+](C)cn2-c1ccc2c(c1)C(C)(C)c1ccccc1-2.I. The van der Waals surface area contributed by atoms with Crippen LogP contribution >= 0.6 is 24.0 Å². The lowest BCUT2D eigenvalue weighted by molar-refractivity contribution is -0.645. The fourth-order valence-corrected chi connectivity index (χ4v) is 7.19. The number of halogens is 1. The molecule has 0 radical (unpaired) electrons. The molecule has 162 valence electrons. The summed E-state index contributed by atoms with van der Waals surface area (Å²) in [7, 11) is 2.23. The fraction of sp³-hybridized carbons (Fsp3) is 0.345. The van der Waals surface area contributed by atoms with E-state index in [0.29, 0.717) is 0 Å². The summed E-state index contributed by atoms with van der Waals surface area (Å²) in [5.74, 6) is 1.56. The van der Waals surface area contributed by atoms with Crippen LogP contribution in [0.1, 0.15) is 72.8 Å². The maximum Gasteiger partial charge on any atom is 0.249 e. The van der Waals surface area contributed by atoms with Crippen LogP contribution in [0.2, 0.25) is 0 Å². The van der Waals surface area contributed by atoms with E-state index in [2.05, 4.69) is 91.8 Å². The Morgan fingerprint density at radius 2 is 1.62 bits per heavy atom. The van der Waals surface area contributed by atoms with Crippen molar-refractivity contribution in [2.45, 2.75) is 57.3 Å². The maximum absolute atomic E-state index is 2.45. The summed E-state index contributed by atoms with van der Waals surface area (Å²) in [4.78, 5) is 0. The Bertz CT molecular complexity index is 1430. The summed E-state index contributed by atoms with van der Waals surface area (Å²) in [5, 5.41) is 0. The average Bonchev–Trinajstić information content (AvgIpc) is 3.51. The van der Waals surface area contributed by atoms with Crippen LogP contribution in [0.15, 0.2) is 54.9 Å². The minimum absolute atomic E-state index is 0. The van der Waals surface area contributed by atoms with Crippen molar-refractivity contribution in [3.05, 3.63) is 82.7 Å². The molecule has 2 atom stereocenters. The molecule has 0 aliphatic heterocycles. The lowest BCUT2D eigenvalue weighted by Gasteiger charge is -2.21. The second kappa shape index (κ2) is 6.69. The molecule has 3 aliphatic rings. The number of rotatable bonds is 1. The average molecular weight is 533 g/mol. The Morgan fingerprint density at radius 3 is 2.44 bits per heavy atom. The molecule has 3 heteroatoms. The van der Waals surface area contributed by atoms with E-state index in [9.17, 15) is 0 Å². The van der Waals surface area contributed by atoms with E-state index in [1.165, 1.54) is 63.8 Å². The molecule has 0 saturated heterocycles. The number of benzene rings is 3. The van der Waals surface area contributed by atoms with Gasteiger partial charge in [-0.1, -0.05) is 38.1 Å². The van der Waals surface area contributed by atoms with Crippen molar-refractivity contribution in [3.8, 4) is 16.8 Å². The summed E-state index contributed by atoms with van der Waals surface area (Å²) in [6.45, 7) is 7.06. The Balaban J connectivity index is 0.00000196. The molecule has 0 spiro atoms. The van der Waals surface area contributed by atoms with Gasteiger partial charge in [-0.15, -0.1) is 24.0 Å². The first-order chi connectivity index (χ1) is 14.9. The largest absolute Gasteiger partial charge is 0.249 e. The molecule has 4 aromatic rings. The van der Waals surface area contributed by atoms with Crippen LogP contribution in [0.5, 0.6) is 0 Å². The van der Waals surface area contributed by atoms with E-state index < -0.39 is 0 Å². The van der Waals surface area contributed by atoms with Gasteiger partial charge in [0, 0.05) is 11.0 Å². The van der Waals surface area contributed by atoms with E-state index in [1.807, 2.05) is 0 Å². The maximum atomic E-state index is 2.45. The van der Waals surface area contributed by atoms with E-state index in [0.717, 1.165) is 11.8 Å². The number of hydrogen-bond acceptors (Lipinski definition) is 0. The summed E-state index contributed by atoms with van der Waals surface area (Å²) in [5.41, 5.74) is 14.6. The first kappa shape index (κ1) is 20.5. The topological polar surface area (TPSA) is 8.81 Å². The van der Waals surface area contributed by atoms with E-state index in [-0.39, 0.29) is 29.4 Å². The lowest BCUT2D eigenvalue weighted by Crippen LogP contribution is -2.27. The van der Waals surface area contributed by atoms with Crippen molar-refractivity contribution >= 4 is 35.0 Å². The van der Waals surface area contributed by atoms with E-state index in [4.69, 9.17) is 0 Å². The van der Waals surface area contributed by atoms with Crippen LogP contribution in [0.4, 0.5) is 0 Å². The quantitative estimate of drug-likeness (QED) is 0.183. The molecule has 2 nitrogen and oxygen atoms in total. The van der Waals surface area contributed by atoms with Crippen molar-refractivity contribution in [2.75, 3.05) is 0 Å². The van der Waals surface area contributed by atoms with Gasteiger partial charge in [-0.2, -0.15) is 4.57 Å². The molecule has 3 aliphatic carbocycles. The minimum atomic E-state index is 0. The molecule has 2 unspecified atom stereocenters. The van der Waals surface area contributed by atoms with Crippen LogP contribution in [0, 0.1) is 6.92 Å². The Morgan fingerprint density at radius 1 is 0.906 bits per heavy atom. The molecule has 1 aromatic heterocycles.